The predicted molar refractivity (Wildman–Crippen MR) is 85.3 cm³/mol. The van der Waals surface area contributed by atoms with Crippen LogP contribution in [0.5, 0.6) is 0 Å². The van der Waals surface area contributed by atoms with Crippen molar-refractivity contribution in [2.75, 3.05) is 33.2 Å². The van der Waals surface area contributed by atoms with Gasteiger partial charge in [-0.2, -0.15) is 0 Å². The summed E-state index contributed by atoms with van der Waals surface area (Å²) in [5, 5.41) is 0. The van der Waals surface area contributed by atoms with Crippen LogP contribution in [0.3, 0.4) is 0 Å². The first-order chi connectivity index (χ1) is 9.58. The van der Waals surface area contributed by atoms with Crippen molar-refractivity contribution in [2.24, 2.45) is 0 Å². The van der Waals surface area contributed by atoms with Crippen LogP contribution in [0.4, 0.5) is 0 Å². The molecule has 20 heavy (non-hydrogen) atoms. The third kappa shape index (κ3) is 4.34. The second-order valence-electron chi connectivity index (χ2n) is 5.38. The minimum absolute atomic E-state index is 0.172. The van der Waals surface area contributed by atoms with Crippen LogP contribution in [0, 0.1) is 0 Å². The summed E-state index contributed by atoms with van der Waals surface area (Å²) >= 11 is 0. The molecule has 0 atom stereocenters. The fourth-order valence-electron chi connectivity index (χ4n) is 2.22. The van der Waals surface area contributed by atoms with Gasteiger partial charge in [-0.25, -0.2) is 0 Å². The molecule has 112 valence electrons. The molecule has 1 amide bonds. The predicted octanol–water partition coefficient (Wildman–Crippen LogP) is 3.22. The fourth-order valence-corrected chi connectivity index (χ4v) is 2.22. The Morgan fingerprint density at radius 3 is 2.25 bits per heavy atom. The zero-order chi connectivity index (χ0) is 15.1. The molecule has 3 nitrogen and oxygen atoms in total. The lowest BCUT2D eigenvalue weighted by Gasteiger charge is -2.32. The molecule has 0 aliphatic carbocycles. The number of carbonyl (C=O) groups is 1. The van der Waals surface area contributed by atoms with Gasteiger partial charge in [-0.3, -0.25) is 4.79 Å². The topological polar surface area (TPSA) is 23.6 Å². The normalized spacial score (nSPS) is 15.8. The van der Waals surface area contributed by atoms with Crippen molar-refractivity contribution in [3.63, 3.8) is 0 Å². The van der Waals surface area contributed by atoms with Crippen LogP contribution in [0.15, 0.2) is 24.3 Å². The Labute approximate surface area is 123 Å². The molecule has 0 spiro atoms. The summed E-state index contributed by atoms with van der Waals surface area (Å²) in [6, 6.07) is 8.03. The highest BCUT2D eigenvalue weighted by atomic mass is 16.2. The van der Waals surface area contributed by atoms with E-state index in [0.717, 1.165) is 31.7 Å². The fraction of sp³-hybridized carbons (Fsp3) is 0.588. The van der Waals surface area contributed by atoms with Crippen LogP contribution in [0.1, 0.15) is 49.5 Å². The lowest BCUT2D eigenvalue weighted by Crippen LogP contribution is -2.47. The average molecular weight is 276 g/mol. The number of hydrogen-bond donors (Lipinski definition) is 0. The van der Waals surface area contributed by atoms with E-state index < -0.39 is 0 Å². The highest BCUT2D eigenvalue weighted by Gasteiger charge is 2.20. The largest absolute Gasteiger partial charge is 0.336 e. The van der Waals surface area contributed by atoms with Crippen molar-refractivity contribution in [1.29, 1.82) is 0 Å². The Bertz CT molecular complexity index is 421. The number of piperazine rings is 1. The van der Waals surface area contributed by atoms with Gasteiger partial charge < -0.3 is 9.80 Å². The van der Waals surface area contributed by atoms with Gasteiger partial charge in [-0.05, 0) is 30.7 Å². The number of nitrogens with zero attached hydrogens (tertiary/aromatic N) is 2. The van der Waals surface area contributed by atoms with E-state index >= 15 is 0 Å². The minimum Gasteiger partial charge on any atom is -0.336 e. The van der Waals surface area contributed by atoms with Crippen molar-refractivity contribution in [3.8, 4) is 0 Å². The Balaban J connectivity index is 0.000000956. The molecular formula is C17H28N2O. The van der Waals surface area contributed by atoms with Gasteiger partial charge in [0.05, 0.1) is 0 Å². The Morgan fingerprint density at radius 2 is 1.70 bits per heavy atom. The molecule has 0 bridgehead atoms. The summed E-state index contributed by atoms with van der Waals surface area (Å²) in [4.78, 5) is 16.6. The molecule has 1 heterocycles. The average Bonchev–Trinajstić information content (AvgIpc) is 2.49. The standard InChI is InChI=1S/C15H22N2O.C2H6/c1-12(2)13-5-4-6-14(11-13)15(18)17-9-7-16(3)8-10-17;1-2/h4-6,11-12H,7-10H2,1-3H3;1-2H3. The van der Waals surface area contributed by atoms with Gasteiger partial charge in [0.15, 0.2) is 0 Å². The number of hydrogen-bond acceptors (Lipinski definition) is 2. The summed E-state index contributed by atoms with van der Waals surface area (Å²) < 4.78 is 0. The third-order valence-electron chi connectivity index (χ3n) is 3.59. The summed E-state index contributed by atoms with van der Waals surface area (Å²) in [5.41, 5.74) is 2.06. The van der Waals surface area contributed by atoms with Crippen molar-refractivity contribution < 1.29 is 4.79 Å². The molecule has 1 aromatic rings. The van der Waals surface area contributed by atoms with Crippen molar-refractivity contribution in [3.05, 3.63) is 35.4 Å². The van der Waals surface area contributed by atoms with Crippen LogP contribution in [0.2, 0.25) is 0 Å². The first kappa shape index (κ1) is 16.7. The van der Waals surface area contributed by atoms with E-state index in [1.54, 1.807) is 0 Å². The molecule has 0 unspecified atom stereocenters. The molecule has 0 aromatic heterocycles. The molecule has 3 heteroatoms. The maximum absolute atomic E-state index is 12.4. The zero-order valence-electron chi connectivity index (χ0n) is 13.5. The van der Waals surface area contributed by atoms with Gasteiger partial charge in [0, 0.05) is 31.7 Å². The van der Waals surface area contributed by atoms with E-state index in [4.69, 9.17) is 0 Å². The van der Waals surface area contributed by atoms with Crippen LogP contribution < -0.4 is 0 Å². The number of rotatable bonds is 2. The van der Waals surface area contributed by atoms with Gasteiger partial charge in [0.2, 0.25) is 0 Å². The number of likely N-dealkylation sites (N-methyl/N-ethyl adjacent to an activating group) is 1. The lowest BCUT2D eigenvalue weighted by molar-refractivity contribution is 0.0664. The first-order valence-electron chi connectivity index (χ1n) is 7.65. The summed E-state index contributed by atoms with van der Waals surface area (Å²) in [5.74, 6) is 0.635. The van der Waals surface area contributed by atoms with Crippen LogP contribution in [-0.4, -0.2) is 48.9 Å². The summed E-state index contributed by atoms with van der Waals surface area (Å²) in [7, 11) is 2.10. The van der Waals surface area contributed by atoms with E-state index in [2.05, 4.69) is 31.9 Å². The van der Waals surface area contributed by atoms with Crippen molar-refractivity contribution >= 4 is 5.91 Å². The zero-order valence-corrected chi connectivity index (χ0v) is 13.5. The number of carbonyl (C=O) groups excluding carboxylic acids is 1. The monoisotopic (exact) mass is 276 g/mol. The summed E-state index contributed by atoms with van der Waals surface area (Å²) in [6.07, 6.45) is 0. The Hall–Kier alpha value is -1.35. The van der Waals surface area contributed by atoms with Gasteiger partial charge in [0.1, 0.15) is 0 Å². The second-order valence-corrected chi connectivity index (χ2v) is 5.38. The van der Waals surface area contributed by atoms with E-state index in [1.807, 2.05) is 36.9 Å². The van der Waals surface area contributed by atoms with Gasteiger partial charge >= 0.3 is 0 Å². The Kier molecular flexibility index (Phi) is 6.73. The maximum Gasteiger partial charge on any atom is 0.253 e. The van der Waals surface area contributed by atoms with Gasteiger partial charge in [-0.15, -0.1) is 0 Å². The molecule has 1 saturated heterocycles. The molecule has 0 N–H and O–H groups in total. The number of benzene rings is 1. The highest BCUT2D eigenvalue weighted by Crippen LogP contribution is 2.17. The molecule has 1 aliphatic rings. The molecule has 0 saturated carbocycles. The van der Waals surface area contributed by atoms with Crippen LogP contribution in [-0.2, 0) is 0 Å². The smallest absolute Gasteiger partial charge is 0.253 e. The third-order valence-corrected chi connectivity index (χ3v) is 3.59. The number of amides is 1. The van der Waals surface area contributed by atoms with Gasteiger partial charge in [0.25, 0.3) is 5.91 Å². The van der Waals surface area contributed by atoms with Crippen LogP contribution >= 0.6 is 0 Å². The second kappa shape index (κ2) is 8.05. The van der Waals surface area contributed by atoms with E-state index in [1.165, 1.54) is 5.56 Å². The van der Waals surface area contributed by atoms with Crippen LogP contribution in [0.25, 0.3) is 0 Å². The summed E-state index contributed by atoms with van der Waals surface area (Å²) in [6.45, 7) is 11.9. The molecular weight excluding hydrogens is 248 g/mol. The van der Waals surface area contributed by atoms with Gasteiger partial charge in [-0.1, -0.05) is 39.8 Å². The SMILES string of the molecule is CC.CC(C)c1cccc(C(=O)N2CCN(C)CC2)c1. The molecule has 1 aliphatic heterocycles. The molecule has 1 fully saturated rings. The minimum atomic E-state index is 0.172. The maximum atomic E-state index is 12.4. The Morgan fingerprint density at radius 1 is 1.10 bits per heavy atom. The van der Waals surface area contributed by atoms with E-state index in [0.29, 0.717) is 5.92 Å². The lowest BCUT2D eigenvalue weighted by atomic mass is 10.0. The van der Waals surface area contributed by atoms with Crippen molar-refractivity contribution in [2.45, 2.75) is 33.6 Å². The molecule has 2 rings (SSSR count). The first-order valence-corrected chi connectivity index (χ1v) is 7.65. The quantitative estimate of drug-likeness (QED) is 0.828. The van der Waals surface area contributed by atoms with E-state index in [9.17, 15) is 4.79 Å². The molecule has 1 aromatic carbocycles. The van der Waals surface area contributed by atoms with E-state index in [-0.39, 0.29) is 5.91 Å². The van der Waals surface area contributed by atoms with Crippen molar-refractivity contribution in [1.82, 2.24) is 9.80 Å². The molecule has 0 radical (unpaired) electrons. The highest BCUT2D eigenvalue weighted by molar-refractivity contribution is 5.94.